The Morgan fingerprint density at radius 2 is 1.47 bits per heavy atom. The van der Waals surface area contributed by atoms with Gasteiger partial charge in [-0.1, -0.05) is 53.0 Å². The number of aryl methyl sites for hydroxylation is 3. The summed E-state index contributed by atoms with van der Waals surface area (Å²) in [5.74, 6) is -0.945. The smallest absolute Gasteiger partial charge is 0.264 e. The Labute approximate surface area is 234 Å². The second-order valence-corrected chi connectivity index (χ2v) is 11.9. The van der Waals surface area contributed by atoms with E-state index >= 15 is 0 Å². The summed E-state index contributed by atoms with van der Waals surface area (Å²) in [6.07, 6.45) is 0. The van der Waals surface area contributed by atoms with E-state index in [1.54, 1.807) is 49.4 Å². The number of benzene rings is 3. The Balaban J connectivity index is 2.07. The van der Waals surface area contributed by atoms with Crippen molar-refractivity contribution in [1.82, 2.24) is 10.2 Å². The van der Waals surface area contributed by atoms with E-state index in [4.69, 9.17) is 23.2 Å². The molecule has 0 spiro atoms. The first-order chi connectivity index (χ1) is 17.8. The SMILES string of the molecule is CNC(=O)C(C)N(Cc1ccc(Cl)c(Cl)c1)C(=O)CN(c1cc(C)cc(C)c1)S(=O)(=O)c1ccc(C)cc1. The van der Waals surface area contributed by atoms with Gasteiger partial charge in [0, 0.05) is 13.6 Å². The topological polar surface area (TPSA) is 86.8 Å². The molecule has 0 aliphatic carbocycles. The van der Waals surface area contributed by atoms with Crippen LogP contribution in [0, 0.1) is 20.8 Å². The Bertz CT molecular complexity index is 1420. The van der Waals surface area contributed by atoms with Gasteiger partial charge in [-0.25, -0.2) is 8.42 Å². The zero-order chi connectivity index (χ0) is 28.2. The molecule has 10 heteroatoms. The molecular weight excluding hydrogens is 545 g/mol. The van der Waals surface area contributed by atoms with Gasteiger partial charge in [-0.05, 0) is 80.8 Å². The molecule has 1 unspecified atom stereocenters. The first-order valence-electron chi connectivity index (χ1n) is 12.0. The molecule has 2 amide bonds. The number of sulfonamides is 1. The lowest BCUT2D eigenvalue weighted by molar-refractivity contribution is -0.139. The van der Waals surface area contributed by atoms with Gasteiger partial charge >= 0.3 is 0 Å². The molecule has 0 saturated carbocycles. The number of likely N-dealkylation sites (N-methyl/N-ethyl adjacent to an activating group) is 1. The van der Waals surface area contributed by atoms with Gasteiger partial charge in [0.15, 0.2) is 0 Å². The molecule has 3 rings (SSSR count). The van der Waals surface area contributed by atoms with Crippen molar-refractivity contribution >= 4 is 50.7 Å². The largest absolute Gasteiger partial charge is 0.357 e. The van der Waals surface area contributed by atoms with Crippen molar-refractivity contribution in [2.24, 2.45) is 0 Å². The van der Waals surface area contributed by atoms with Crippen molar-refractivity contribution in [2.75, 3.05) is 17.9 Å². The van der Waals surface area contributed by atoms with Crippen molar-refractivity contribution < 1.29 is 18.0 Å². The molecule has 0 aliphatic rings. The third-order valence-electron chi connectivity index (χ3n) is 6.13. The zero-order valence-corrected chi connectivity index (χ0v) is 24.3. The zero-order valence-electron chi connectivity index (χ0n) is 22.0. The van der Waals surface area contributed by atoms with E-state index in [1.807, 2.05) is 26.8 Å². The fourth-order valence-corrected chi connectivity index (χ4v) is 5.81. The van der Waals surface area contributed by atoms with Crippen LogP contribution in [0.25, 0.3) is 0 Å². The molecule has 0 aliphatic heterocycles. The molecule has 1 atom stereocenters. The number of hydrogen-bond donors (Lipinski definition) is 1. The number of rotatable bonds is 9. The predicted octanol–water partition coefficient (Wildman–Crippen LogP) is 5.28. The van der Waals surface area contributed by atoms with Crippen LogP contribution in [0.3, 0.4) is 0 Å². The summed E-state index contributed by atoms with van der Waals surface area (Å²) in [4.78, 5) is 27.8. The van der Waals surface area contributed by atoms with Crippen LogP contribution in [0.5, 0.6) is 0 Å². The predicted molar refractivity (Wildman–Crippen MR) is 152 cm³/mol. The maximum Gasteiger partial charge on any atom is 0.264 e. The van der Waals surface area contributed by atoms with Crippen LogP contribution in [-0.2, 0) is 26.2 Å². The van der Waals surface area contributed by atoms with E-state index in [0.29, 0.717) is 21.3 Å². The van der Waals surface area contributed by atoms with Crippen molar-refractivity contribution in [1.29, 1.82) is 0 Å². The summed E-state index contributed by atoms with van der Waals surface area (Å²) in [5, 5.41) is 3.22. The van der Waals surface area contributed by atoms with Crippen molar-refractivity contribution in [3.05, 3.63) is 93.0 Å². The molecular formula is C28H31Cl2N3O4S. The molecule has 1 N–H and O–H groups in total. The molecule has 0 heterocycles. The van der Waals surface area contributed by atoms with Crippen LogP contribution in [0.2, 0.25) is 10.0 Å². The summed E-state index contributed by atoms with van der Waals surface area (Å²) < 4.78 is 28.8. The molecule has 3 aromatic carbocycles. The van der Waals surface area contributed by atoms with Gasteiger partial charge in [0.25, 0.3) is 10.0 Å². The van der Waals surface area contributed by atoms with Gasteiger partial charge in [0.2, 0.25) is 11.8 Å². The molecule has 0 saturated heterocycles. The van der Waals surface area contributed by atoms with E-state index in [0.717, 1.165) is 21.0 Å². The van der Waals surface area contributed by atoms with Crippen LogP contribution in [0.4, 0.5) is 5.69 Å². The fraction of sp³-hybridized carbons (Fsp3) is 0.286. The summed E-state index contributed by atoms with van der Waals surface area (Å²) in [6, 6.07) is 15.9. The lowest BCUT2D eigenvalue weighted by Gasteiger charge is -2.32. The summed E-state index contributed by atoms with van der Waals surface area (Å²) >= 11 is 12.2. The van der Waals surface area contributed by atoms with Gasteiger partial charge in [-0.2, -0.15) is 0 Å². The van der Waals surface area contributed by atoms with Gasteiger partial charge in [0.1, 0.15) is 12.6 Å². The second-order valence-electron chi connectivity index (χ2n) is 9.23. The number of anilines is 1. The number of halogens is 2. The number of amides is 2. The number of hydrogen-bond acceptors (Lipinski definition) is 4. The highest BCUT2D eigenvalue weighted by atomic mass is 35.5. The number of nitrogens with zero attached hydrogens (tertiary/aromatic N) is 2. The quantitative estimate of drug-likeness (QED) is 0.376. The molecule has 0 radical (unpaired) electrons. The normalized spacial score (nSPS) is 12.1. The Kier molecular flexibility index (Phi) is 9.46. The van der Waals surface area contributed by atoms with Crippen LogP contribution < -0.4 is 9.62 Å². The molecule has 0 bridgehead atoms. The Morgan fingerprint density at radius 3 is 2.03 bits per heavy atom. The Hall–Kier alpha value is -3.07. The van der Waals surface area contributed by atoms with E-state index in [9.17, 15) is 18.0 Å². The number of carbonyl (C=O) groups is 2. The first kappa shape index (κ1) is 29.5. The van der Waals surface area contributed by atoms with Crippen LogP contribution in [0.1, 0.15) is 29.2 Å². The minimum atomic E-state index is -4.12. The lowest BCUT2D eigenvalue weighted by Crippen LogP contribution is -2.50. The molecule has 3 aromatic rings. The lowest BCUT2D eigenvalue weighted by atomic mass is 10.1. The van der Waals surface area contributed by atoms with Gasteiger partial charge in [-0.15, -0.1) is 0 Å². The minimum Gasteiger partial charge on any atom is -0.357 e. The monoisotopic (exact) mass is 575 g/mol. The highest BCUT2D eigenvalue weighted by molar-refractivity contribution is 7.92. The highest BCUT2D eigenvalue weighted by Gasteiger charge is 2.32. The highest BCUT2D eigenvalue weighted by Crippen LogP contribution is 2.28. The van der Waals surface area contributed by atoms with Gasteiger partial charge < -0.3 is 10.2 Å². The molecule has 202 valence electrons. The average molecular weight is 577 g/mol. The number of nitrogens with one attached hydrogen (secondary N) is 1. The standard InChI is InChI=1S/C28H31Cl2N3O4S/c1-18-6-9-24(10-7-18)38(36,37)33(23-13-19(2)12-20(3)14-23)17-27(34)32(21(4)28(35)31-5)16-22-8-11-25(29)26(30)15-22/h6-15,21H,16-17H2,1-5H3,(H,31,35). The molecule has 0 aromatic heterocycles. The average Bonchev–Trinajstić information content (AvgIpc) is 2.86. The van der Waals surface area contributed by atoms with Crippen molar-refractivity contribution in [3.63, 3.8) is 0 Å². The summed E-state index contributed by atoms with van der Waals surface area (Å²) in [6.45, 7) is 6.68. The maximum absolute atomic E-state index is 13.9. The van der Waals surface area contributed by atoms with E-state index < -0.39 is 34.4 Å². The van der Waals surface area contributed by atoms with E-state index in [-0.39, 0.29) is 11.4 Å². The molecule has 7 nitrogen and oxygen atoms in total. The molecule has 38 heavy (non-hydrogen) atoms. The third kappa shape index (κ3) is 6.87. The van der Waals surface area contributed by atoms with Gasteiger partial charge in [-0.3, -0.25) is 13.9 Å². The minimum absolute atomic E-state index is 0.0234. The first-order valence-corrected chi connectivity index (χ1v) is 14.2. The second kappa shape index (κ2) is 12.2. The van der Waals surface area contributed by atoms with Crippen LogP contribution >= 0.6 is 23.2 Å². The van der Waals surface area contributed by atoms with E-state index in [1.165, 1.54) is 24.1 Å². The van der Waals surface area contributed by atoms with Crippen LogP contribution in [0.15, 0.2) is 65.6 Å². The van der Waals surface area contributed by atoms with Crippen molar-refractivity contribution in [2.45, 2.75) is 45.2 Å². The molecule has 0 fully saturated rings. The van der Waals surface area contributed by atoms with Crippen LogP contribution in [-0.4, -0.2) is 44.8 Å². The van der Waals surface area contributed by atoms with E-state index in [2.05, 4.69) is 5.32 Å². The fourth-order valence-electron chi connectivity index (χ4n) is 4.09. The summed E-state index contributed by atoms with van der Waals surface area (Å²) in [7, 11) is -2.65. The van der Waals surface area contributed by atoms with Gasteiger partial charge in [0.05, 0.1) is 20.6 Å². The third-order valence-corrected chi connectivity index (χ3v) is 8.66. The maximum atomic E-state index is 13.9. The van der Waals surface area contributed by atoms with Crippen molar-refractivity contribution in [3.8, 4) is 0 Å². The number of carbonyl (C=O) groups excluding carboxylic acids is 2. The Morgan fingerprint density at radius 1 is 0.868 bits per heavy atom. The summed E-state index contributed by atoms with van der Waals surface area (Å²) in [5.41, 5.74) is 3.61.